The molecule has 32 heavy (non-hydrogen) atoms. The molecule has 6 heteroatoms. The molecule has 1 heterocycles. The summed E-state index contributed by atoms with van der Waals surface area (Å²) in [7, 11) is 0. The number of carbonyl (C=O) groups excluding carboxylic acids is 2. The number of amides is 2. The second-order valence-electron chi connectivity index (χ2n) is 7.50. The van der Waals surface area contributed by atoms with E-state index in [2.05, 4.69) is 15.7 Å². The molecule has 4 rings (SSSR count). The van der Waals surface area contributed by atoms with E-state index in [9.17, 15) is 9.59 Å². The van der Waals surface area contributed by atoms with Crippen molar-refractivity contribution in [3.63, 3.8) is 0 Å². The molecule has 0 unspecified atom stereocenters. The number of anilines is 1. The Kier molecular flexibility index (Phi) is 6.41. The van der Waals surface area contributed by atoms with Crippen LogP contribution in [0.1, 0.15) is 37.4 Å². The minimum Gasteiger partial charge on any atom is -0.348 e. The molecule has 0 spiro atoms. The number of hydrogen-bond acceptors (Lipinski definition) is 3. The molecule has 0 fully saturated rings. The first kappa shape index (κ1) is 21.1. The Morgan fingerprint density at radius 3 is 2.34 bits per heavy atom. The maximum Gasteiger partial charge on any atom is 0.255 e. The second kappa shape index (κ2) is 9.75. The second-order valence-corrected chi connectivity index (χ2v) is 7.50. The maximum absolute atomic E-state index is 12.8. The smallest absolute Gasteiger partial charge is 0.255 e. The lowest BCUT2D eigenvalue weighted by atomic mass is 10.1. The molecule has 6 nitrogen and oxygen atoms in total. The van der Waals surface area contributed by atoms with Gasteiger partial charge in [0.15, 0.2) is 0 Å². The molecule has 0 atom stereocenters. The van der Waals surface area contributed by atoms with E-state index in [0.717, 1.165) is 16.7 Å². The summed E-state index contributed by atoms with van der Waals surface area (Å²) in [6, 6.07) is 24.2. The monoisotopic (exact) mass is 424 g/mol. The van der Waals surface area contributed by atoms with Crippen LogP contribution in [0, 0.1) is 6.92 Å². The summed E-state index contributed by atoms with van der Waals surface area (Å²) in [5, 5.41) is 10.1. The first-order valence-corrected chi connectivity index (χ1v) is 10.4. The summed E-state index contributed by atoms with van der Waals surface area (Å²) in [4.78, 5) is 25.3. The molecule has 3 aromatic carbocycles. The third-order valence-corrected chi connectivity index (χ3v) is 5.23. The van der Waals surface area contributed by atoms with E-state index in [1.807, 2.05) is 72.4 Å². The van der Waals surface area contributed by atoms with Crippen molar-refractivity contribution >= 4 is 17.5 Å². The van der Waals surface area contributed by atoms with Crippen molar-refractivity contribution in [2.24, 2.45) is 0 Å². The van der Waals surface area contributed by atoms with E-state index in [-0.39, 0.29) is 11.8 Å². The molecule has 2 N–H and O–H groups in total. The lowest BCUT2D eigenvalue weighted by molar-refractivity contribution is 0.0949. The highest BCUT2D eigenvalue weighted by Gasteiger charge is 2.12. The largest absolute Gasteiger partial charge is 0.348 e. The molecule has 0 aliphatic carbocycles. The molecule has 2 amide bonds. The fourth-order valence-electron chi connectivity index (χ4n) is 3.41. The first-order valence-electron chi connectivity index (χ1n) is 10.4. The summed E-state index contributed by atoms with van der Waals surface area (Å²) in [5.74, 6) is -0.409. The van der Waals surface area contributed by atoms with Crippen molar-refractivity contribution in [2.75, 3.05) is 5.32 Å². The Balaban J connectivity index is 1.44. The van der Waals surface area contributed by atoms with Gasteiger partial charge in [-0.1, -0.05) is 48.5 Å². The molecule has 0 radical (unpaired) electrons. The first-order chi connectivity index (χ1) is 15.6. The van der Waals surface area contributed by atoms with Crippen LogP contribution < -0.4 is 10.6 Å². The fraction of sp³-hybridized carbons (Fsp3) is 0.115. The third-order valence-electron chi connectivity index (χ3n) is 5.23. The molecule has 4 aromatic rings. The summed E-state index contributed by atoms with van der Waals surface area (Å²) in [6.45, 7) is 2.93. The standard InChI is InChI=1S/C26H24N4O2/c1-19-12-13-21(16-24(19)29-26(32)20-8-3-2-4-9-20)25(31)27-17-22-10-5-6-11-23(22)18-30-15-7-14-28-30/h2-16H,17-18H2,1H3,(H,27,31)(H,29,32). The molecule has 1 aromatic heterocycles. The van der Waals surface area contributed by atoms with Crippen LogP contribution in [-0.4, -0.2) is 21.6 Å². The van der Waals surface area contributed by atoms with Gasteiger partial charge in [0.05, 0.1) is 6.54 Å². The van der Waals surface area contributed by atoms with Crippen LogP contribution in [0.4, 0.5) is 5.69 Å². The van der Waals surface area contributed by atoms with Gasteiger partial charge in [0, 0.05) is 35.8 Å². The lowest BCUT2D eigenvalue weighted by Gasteiger charge is -2.13. The number of hydrogen-bond donors (Lipinski definition) is 2. The van der Waals surface area contributed by atoms with E-state index in [4.69, 9.17) is 0 Å². The fourth-order valence-corrected chi connectivity index (χ4v) is 3.41. The quantitative estimate of drug-likeness (QED) is 0.461. The van der Waals surface area contributed by atoms with E-state index >= 15 is 0 Å². The van der Waals surface area contributed by atoms with E-state index in [1.165, 1.54) is 0 Å². The molecular formula is C26H24N4O2. The van der Waals surface area contributed by atoms with Crippen LogP contribution in [0.5, 0.6) is 0 Å². The minimum absolute atomic E-state index is 0.200. The number of nitrogens with zero attached hydrogens (tertiary/aromatic N) is 2. The van der Waals surface area contributed by atoms with Crippen molar-refractivity contribution in [2.45, 2.75) is 20.0 Å². The van der Waals surface area contributed by atoms with Gasteiger partial charge in [-0.3, -0.25) is 14.3 Å². The Morgan fingerprint density at radius 2 is 1.59 bits per heavy atom. The van der Waals surface area contributed by atoms with Crippen molar-refractivity contribution in [1.29, 1.82) is 0 Å². The summed E-state index contributed by atoms with van der Waals surface area (Å²) >= 11 is 0. The summed E-state index contributed by atoms with van der Waals surface area (Å²) in [5.41, 5.74) is 4.68. The van der Waals surface area contributed by atoms with Gasteiger partial charge in [0.1, 0.15) is 0 Å². The predicted octanol–water partition coefficient (Wildman–Crippen LogP) is 4.42. The highest BCUT2D eigenvalue weighted by atomic mass is 16.2. The lowest BCUT2D eigenvalue weighted by Crippen LogP contribution is -2.24. The van der Waals surface area contributed by atoms with Gasteiger partial charge >= 0.3 is 0 Å². The zero-order valence-corrected chi connectivity index (χ0v) is 17.8. The zero-order chi connectivity index (χ0) is 22.3. The van der Waals surface area contributed by atoms with Crippen molar-refractivity contribution in [3.8, 4) is 0 Å². The van der Waals surface area contributed by atoms with Gasteiger partial charge in [-0.05, 0) is 53.9 Å². The number of aromatic nitrogens is 2. The van der Waals surface area contributed by atoms with Crippen molar-refractivity contribution in [1.82, 2.24) is 15.1 Å². The molecular weight excluding hydrogens is 400 g/mol. The Labute approximate surface area is 186 Å². The maximum atomic E-state index is 12.8. The molecule has 160 valence electrons. The number of aryl methyl sites for hydroxylation is 1. The van der Waals surface area contributed by atoms with Crippen LogP contribution in [-0.2, 0) is 13.1 Å². The highest BCUT2D eigenvalue weighted by molar-refractivity contribution is 6.05. The van der Waals surface area contributed by atoms with Gasteiger partial charge in [-0.2, -0.15) is 5.10 Å². The van der Waals surface area contributed by atoms with E-state index in [1.54, 1.807) is 30.5 Å². The van der Waals surface area contributed by atoms with Crippen LogP contribution in [0.25, 0.3) is 0 Å². The van der Waals surface area contributed by atoms with Crippen LogP contribution >= 0.6 is 0 Å². The SMILES string of the molecule is Cc1ccc(C(=O)NCc2ccccc2Cn2cccn2)cc1NC(=O)c1ccccc1. The highest BCUT2D eigenvalue weighted by Crippen LogP contribution is 2.18. The Bertz CT molecular complexity index is 1220. The Morgan fingerprint density at radius 1 is 0.844 bits per heavy atom. The van der Waals surface area contributed by atoms with Crippen LogP contribution in [0.15, 0.2) is 91.3 Å². The molecule has 0 saturated carbocycles. The predicted molar refractivity (Wildman–Crippen MR) is 125 cm³/mol. The molecule has 0 aliphatic heterocycles. The van der Waals surface area contributed by atoms with Crippen LogP contribution in [0.3, 0.4) is 0 Å². The number of rotatable bonds is 7. The normalized spacial score (nSPS) is 10.5. The van der Waals surface area contributed by atoms with Crippen molar-refractivity contribution < 1.29 is 9.59 Å². The van der Waals surface area contributed by atoms with E-state index < -0.39 is 0 Å². The average Bonchev–Trinajstić information content (AvgIpc) is 3.33. The summed E-state index contributed by atoms with van der Waals surface area (Å²) in [6.07, 6.45) is 3.66. The van der Waals surface area contributed by atoms with E-state index in [0.29, 0.717) is 29.9 Å². The molecule has 0 bridgehead atoms. The number of carbonyl (C=O) groups is 2. The zero-order valence-electron chi connectivity index (χ0n) is 17.8. The van der Waals surface area contributed by atoms with Gasteiger partial charge in [0.25, 0.3) is 11.8 Å². The van der Waals surface area contributed by atoms with Gasteiger partial charge in [-0.15, -0.1) is 0 Å². The van der Waals surface area contributed by atoms with Crippen molar-refractivity contribution in [3.05, 3.63) is 119 Å². The molecule has 0 saturated heterocycles. The summed E-state index contributed by atoms with van der Waals surface area (Å²) < 4.78 is 1.85. The minimum atomic E-state index is -0.209. The number of benzene rings is 3. The van der Waals surface area contributed by atoms with Crippen LogP contribution in [0.2, 0.25) is 0 Å². The molecule has 0 aliphatic rings. The Hall–Kier alpha value is -4.19. The van der Waals surface area contributed by atoms with Gasteiger partial charge in [-0.25, -0.2) is 0 Å². The van der Waals surface area contributed by atoms with Gasteiger partial charge < -0.3 is 10.6 Å². The van der Waals surface area contributed by atoms with Gasteiger partial charge in [0.2, 0.25) is 0 Å². The number of nitrogens with one attached hydrogen (secondary N) is 2. The average molecular weight is 425 g/mol. The third kappa shape index (κ3) is 5.10. The topological polar surface area (TPSA) is 76.0 Å².